The second kappa shape index (κ2) is 13.5. The van der Waals surface area contributed by atoms with Crippen LogP contribution in [0.15, 0.2) is 67.3 Å². The first kappa shape index (κ1) is 29.8. The number of fused-ring (bicyclic) bond motifs is 1. The van der Waals surface area contributed by atoms with Crippen LogP contribution in [0.3, 0.4) is 0 Å². The van der Waals surface area contributed by atoms with Gasteiger partial charge in [0.25, 0.3) is 0 Å². The molecule has 220 valence electrons. The number of phenols is 1. The molecule has 0 bridgehead atoms. The zero-order valence-electron chi connectivity index (χ0n) is 22.8. The fraction of sp³-hybridized carbons (Fsp3) is 0.276. The van der Waals surface area contributed by atoms with Gasteiger partial charge in [-0.2, -0.15) is 0 Å². The molecule has 9 N–H and O–H groups in total. The molecule has 0 aliphatic carbocycles. The fourth-order valence-electron chi connectivity index (χ4n) is 4.47. The van der Waals surface area contributed by atoms with Crippen molar-refractivity contribution in [3.05, 3.63) is 84.1 Å². The van der Waals surface area contributed by atoms with Gasteiger partial charge in [-0.25, -0.2) is 9.78 Å². The number of H-pyrrole nitrogens is 2. The number of nitrogens with zero attached hydrogens (tertiary/aromatic N) is 1. The Morgan fingerprint density at radius 1 is 0.857 bits per heavy atom. The molecule has 42 heavy (non-hydrogen) atoms. The summed E-state index contributed by atoms with van der Waals surface area (Å²) in [5.74, 6) is -3.19. The number of aliphatic carboxylic acids is 1. The quantitative estimate of drug-likeness (QED) is 0.112. The zero-order valence-corrected chi connectivity index (χ0v) is 22.8. The van der Waals surface area contributed by atoms with Crippen molar-refractivity contribution in [2.24, 2.45) is 5.73 Å². The lowest BCUT2D eigenvalue weighted by Crippen LogP contribution is -2.58. The Morgan fingerprint density at radius 3 is 2.14 bits per heavy atom. The third-order valence-corrected chi connectivity index (χ3v) is 6.75. The number of rotatable bonds is 13. The number of carboxylic acids is 1. The number of carboxylic acid groups (broad SMARTS) is 1. The van der Waals surface area contributed by atoms with E-state index in [1.165, 1.54) is 31.6 Å². The number of hydrogen-bond donors (Lipinski definition) is 8. The summed E-state index contributed by atoms with van der Waals surface area (Å²) in [6.07, 6.45) is 4.69. The van der Waals surface area contributed by atoms with Gasteiger partial charge in [0.2, 0.25) is 17.7 Å². The molecule has 4 aromatic rings. The Balaban J connectivity index is 1.59. The summed E-state index contributed by atoms with van der Waals surface area (Å²) < 4.78 is 0. The van der Waals surface area contributed by atoms with Gasteiger partial charge in [-0.05, 0) is 36.2 Å². The van der Waals surface area contributed by atoms with Crippen molar-refractivity contribution in [1.29, 1.82) is 0 Å². The average Bonchev–Trinajstić information content (AvgIpc) is 3.63. The van der Waals surface area contributed by atoms with E-state index in [0.29, 0.717) is 11.3 Å². The highest BCUT2D eigenvalue weighted by Gasteiger charge is 2.31. The van der Waals surface area contributed by atoms with Crippen molar-refractivity contribution < 1.29 is 29.4 Å². The molecule has 2 aromatic carbocycles. The normalized spacial score (nSPS) is 14.0. The third-order valence-electron chi connectivity index (χ3n) is 6.75. The summed E-state index contributed by atoms with van der Waals surface area (Å²) in [5.41, 5.74) is 8.40. The number of hydrogen-bond acceptors (Lipinski definition) is 7. The SMILES string of the molecule is CC(N)C(=O)NC(Cc1cnc[nH]1)C(=O)NC(Cc1c[nH]c2ccccc12)C(=O)NC(Cc1ccc(O)cc1)C(=O)O. The number of benzene rings is 2. The maximum Gasteiger partial charge on any atom is 0.326 e. The Bertz CT molecular complexity index is 1530. The highest BCUT2D eigenvalue weighted by molar-refractivity contribution is 5.95. The molecule has 4 atom stereocenters. The lowest BCUT2D eigenvalue weighted by molar-refractivity contribution is -0.142. The molecule has 0 aliphatic heterocycles. The van der Waals surface area contributed by atoms with Gasteiger partial charge in [-0.3, -0.25) is 14.4 Å². The van der Waals surface area contributed by atoms with Crippen molar-refractivity contribution in [2.75, 3.05) is 0 Å². The minimum absolute atomic E-state index is 0.0250. The van der Waals surface area contributed by atoms with Gasteiger partial charge in [-0.1, -0.05) is 30.3 Å². The summed E-state index contributed by atoms with van der Waals surface area (Å²) in [7, 11) is 0. The predicted octanol–water partition coefficient (Wildman–Crippen LogP) is 0.511. The standard InChI is InChI=1S/C29H33N7O6/c1-16(30)26(38)34-24(12-19-14-31-15-33-19)28(40)35-23(11-18-13-32-22-5-3-2-4-21(18)22)27(39)36-25(29(41)42)10-17-6-8-20(37)9-7-17/h2-9,13-16,23-25,32,37H,10-12,30H2,1H3,(H,31,33)(H,34,38)(H,35,40)(H,36,39)(H,41,42). The summed E-state index contributed by atoms with van der Waals surface area (Å²) in [4.78, 5) is 61.6. The molecule has 3 amide bonds. The Labute approximate surface area is 240 Å². The molecule has 0 spiro atoms. The monoisotopic (exact) mass is 575 g/mol. The highest BCUT2D eigenvalue weighted by Crippen LogP contribution is 2.20. The van der Waals surface area contributed by atoms with Gasteiger partial charge in [0.05, 0.1) is 12.4 Å². The van der Waals surface area contributed by atoms with E-state index in [2.05, 4.69) is 30.9 Å². The number of carbonyl (C=O) groups excluding carboxylic acids is 3. The van der Waals surface area contributed by atoms with E-state index in [1.807, 2.05) is 24.3 Å². The number of imidazole rings is 1. The second-order valence-electron chi connectivity index (χ2n) is 10.0. The molecular formula is C29H33N7O6. The minimum atomic E-state index is -1.32. The number of carbonyl (C=O) groups is 4. The number of aromatic hydroxyl groups is 1. The van der Waals surface area contributed by atoms with Crippen molar-refractivity contribution in [3.63, 3.8) is 0 Å². The van der Waals surface area contributed by atoms with Crippen LogP contribution < -0.4 is 21.7 Å². The molecule has 0 saturated carbocycles. The maximum atomic E-state index is 13.6. The van der Waals surface area contributed by atoms with Crippen LogP contribution in [0.25, 0.3) is 10.9 Å². The average molecular weight is 576 g/mol. The zero-order chi connectivity index (χ0) is 30.2. The Kier molecular flexibility index (Phi) is 9.55. The smallest absolute Gasteiger partial charge is 0.326 e. The van der Waals surface area contributed by atoms with Crippen LogP contribution in [0.1, 0.15) is 23.7 Å². The molecule has 13 nitrogen and oxygen atoms in total. The van der Waals surface area contributed by atoms with Crippen LogP contribution in [-0.2, 0) is 38.4 Å². The van der Waals surface area contributed by atoms with Gasteiger partial charge in [-0.15, -0.1) is 0 Å². The van der Waals surface area contributed by atoms with Crippen LogP contribution in [-0.4, -0.2) is 73.0 Å². The summed E-state index contributed by atoms with van der Waals surface area (Å²) >= 11 is 0. The summed E-state index contributed by atoms with van der Waals surface area (Å²) in [5, 5.41) is 28.1. The largest absolute Gasteiger partial charge is 0.508 e. The molecule has 2 heterocycles. The van der Waals surface area contributed by atoms with Gasteiger partial charge < -0.3 is 41.9 Å². The molecule has 4 rings (SSSR count). The van der Waals surface area contributed by atoms with Gasteiger partial charge in [0.15, 0.2) is 0 Å². The van der Waals surface area contributed by atoms with Crippen LogP contribution in [0.5, 0.6) is 5.75 Å². The van der Waals surface area contributed by atoms with E-state index in [9.17, 15) is 29.4 Å². The topological polar surface area (TPSA) is 215 Å². The van der Waals surface area contributed by atoms with Crippen LogP contribution >= 0.6 is 0 Å². The van der Waals surface area contributed by atoms with E-state index < -0.39 is 47.9 Å². The molecule has 0 saturated heterocycles. The van der Waals surface area contributed by atoms with E-state index in [-0.39, 0.29) is 25.0 Å². The number of nitrogens with one attached hydrogen (secondary N) is 5. The number of phenolic OH excluding ortho intramolecular Hbond substituents is 1. The first-order valence-electron chi connectivity index (χ1n) is 13.3. The minimum Gasteiger partial charge on any atom is -0.508 e. The Morgan fingerprint density at radius 2 is 1.50 bits per heavy atom. The third kappa shape index (κ3) is 7.73. The second-order valence-corrected chi connectivity index (χ2v) is 10.0. The summed E-state index contributed by atoms with van der Waals surface area (Å²) in [6, 6.07) is 8.90. The van der Waals surface area contributed by atoms with Gasteiger partial charge >= 0.3 is 5.97 Å². The van der Waals surface area contributed by atoms with E-state index in [4.69, 9.17) is 5.73 Å². The first-order chi connectivity index (χ1) is 20.1. The lowest BCUT2D eigenvalue weighted by atomic mass is 10.0. The maximum absolute atomic E-state index is 13.6. The number of amides is 3. The fourth-order valence-corrected chi connectivity index (χ4v) is 4.47. The number of aromatic nitrogens is 3. The first-order valence-corrected chi connectivity index (χ1v) is 13.3. The Hall–Kier alpha value is -5.17. The van der Waals surface area contributed by atoms with Gasteiger partial charge in [0, 0.05) is 48.3 Å². The van der Waals surface area contributed by atoms with Crippen molar-refractivity contribution in [2.45, 2.75) is 50.4 Å². The van der Waals surface area contributed by atoms with E-state index in [0.717, 1.165) is 16.5 Å². The molecule has 4 unspecified atom stereocenters. The van der Waals surface area contributed by atoms with Crippen molar-refractivity contribution >= 4 is 34.6 Å². The number of para-hydroxylation sites is 1. The molecule has 0 fully saturated rings. The molecule has 13 heteroatoms. The lowest BCUT2D eigenvalue weighted by Gasteiger charge is -2.25. The molecule has 0 aliphatic rings. The van der Waals surface area contributed by atoms with Crippen LogP contribution in [0.2, 0.25) is 0 Å². The van der Waals surface area contributed by atoms with E-state index in [1.54, 1.807) is 18.3 Å². The van der Waals surface area contributed by atoms with Crippen molar-refractivity contribution in [3.8, 4) is 5.75 Å². The van der Waals surface area contributed by atoms with Crippen LogP contribution in [0.4, 0.5) is 0 Å². The van der Waals surface area contributed by atoms with Crippen LogP contribution in [0, 0.1) is 0 Å². The number of aromatic amines is 2. The van der Waals surface area contributed by atoms with E-state index >= 15 is 0 Å². The van der Waals surface area contributed by atoms with Gasteiger partial charge in [0.1, 0.15) is 23.9 Å². The molecule has 2 aromatic heterocycles. The summed E-state index contributed by atoms with van der Waals surface area (Å²) in [6.45, 7) is 1.48. The number of nitrogens with two attached hydrogens (primary N) is 1. The predicted molar refractivity (Wildman–Crippen MR) is 153 cm³/mol. The highest BCUT2D eigenvalue weighted by atomic mass is 16.4. The molecular weight excluding hydrogens is 542 g/mol. The molecule has 0 radical (unpaired) electrons. The van der Waals surface area contributed by atoms with Crippen molar-refractivity contribution in [1.82, 2.24) is 30.9 Å².